The number of aliphatic imine (C=N–C) groups is 1. The average Bonchev–Trinajstić information content (AvgIpc) is 3.51. The highest BCUT2D eigenvalue weighted by Gasteiger charge is 2.24. The van der Waals surface area contributed by atoms with Crippen LogP contribution in [0.25, 0.3) is 0 Å². The number of rotatable bonds is 8. The van der Waals surface area contributed by atoms with Crippen LogP contribution in [0, 0.1) is 11.3 Å². The van der Waals surface area contributed by atoms with E-state index >= 15 is 0 Å². The summed E-state index contributed by atoms with van der Waals surface area (Å²) in [4.78, 5) is 22.5. The number of hydrogen-bond acceptors (Lipinski definition) is 7. The maximum absolute atomic E-state index is 13.4. The van der Waals surface area contributed by atoms with Crippen LogP contribution in [0.1, 0.15) is 45.6 Å². The molecule has 3 heterocycles. The molecule has 9 heteroatoms. The molecule has 1 aromatic heterocycles. The molecule has 1 unspecified atom stereocenters. The molecule has 2 aromatic rings. The van der Waals surface area contributed by atoms with E-state index in [4.69, 9.17) is 20.2 Å². The second kappa shape index (κ2) is 11.6. The van der Waals surface area contributed by atoms with Crippen molar-refractivity contribution in [2.75, 3.05) is 33.4 Å². The molecule has 2 aliphatic heterocycles. The summed E-state index contributed by atoms with van der Waals surface area (Å²) in [6.07, 6.45) is 4.80. The summed E-state index contributed by atoms with van der Waals surface area (Å²) < 4.78 is 11.4. The molecular weight excluding hydrogens is 450 g/mol. The Balaban J connectivity index is 1.54. The number of ether oxygens (including phenoxy) is 2. The van der Waals surface area contributed by atoms with E-state index in [1.165, 1.54) is 11.3 Å². The molecule has 1 amide bonds. The Hall–Kier alpha value is -2.77. The number of nitriles is 1. The molecule has 1 aromatic carbocycles. The number of thiophene rings is 1. The standard InChI is InChI=1S/C25H31N5O3S/c1-29(12-19-6-3-2-5-18(19)11-26)25(31)24-23(28-17-30-9-4-7-21(27)13-30)20(16-34-24)14-33-22-8-10-32-15-22/h2-3,5-6,16-17,21-22H,4,7-10,12-15,27H2,1H3/t21-,22?/m1/s1. The smallest absolute Gasteiger partial charge is 0.266 e. The monoisotopic (exact) mass is 481 g/mol. The third-order valence-electron chi connectivity index (χ3n) is 6.13. The summed E-state index contributed by atoms with van der Waals surface area (Å²) in [5, 5.41) is 11.3. The predicted octanol–water partition coefficient (Wildman–Crippen LogP) is 3.28. The fourth-order valence-electron chi connectivity index (χ4n) is 4.19. The van der Waals surface area contributed by atoms with Gasteiger partial charge in [-0.3, -0.25) is 4.79 Å². The third kappa shape index (κ3) is 6.02. The number of carbonyl (C=O) groups excluding carboxylic acids is 1. The normalized spacial score (nSPS) is 20.6. The van der Waals surface area contributed by atoms with E-state index in [9.17, 15) is 10.1 Å². The molecule has 2 aliphatic rings. The quantitative estimate of drug-likeness (QED) is 0.458. The zero-order valence-electron chi connectivity index (χ0n) is 19.5. The Morgan fingerprint density at radius 3 is 3.03 bits per heavy atom. The molecule has 0 bridgehead atoms. The van der Waals surface area contributed by atoms with Crippen LogP contribution in [0.3, 0.4) is 0 Å². The number of piperidine rings is 1. The third-order valence-corrected chi connectivity index (χ3v) is 7.13. The first-order chi connectivity index (χ1) is 16.5. The van der Waals surface area contributed by atoms with Crippen molar-refractivity contribution in [3.05, 3.63) is 51.2 Å². The van der Waals surface area contributed by atoms with Gasteiger partial charge in [-0.1, -0.05) is 18.2 Å². The number of nitrogens with two attached hydrogens (primary N) is 1. The molecule has 4 rings (SSSR count). The minimum atomic E-state index is -0.129. The highest BCUT2D eigenvalue weighted by molar-refractivity contribution is 7.12. The lowest BCUT2D eigenvalue weighted by Gasteiger charge is -2.28. The molecule has 0 saturated carbocycles. The van der Waals surface area contributed by atoms with Crippen LogP contribution in [0.2, 0.25) is 0 Å². The number of benzene rings is 1. The molecular formula is C25H31N5O3S. The maximum Gasteiger partial charge on any atom is 0.266 e. The van der Waals surface area contributed by atoms with Gasteiger partial charge < -0.3 is 25.0 Å². The maximum atomic E-state index is 13.4. The van der Waals surface area contributed by atoms with Gasteiger partial charge in [0.15, 0.2) is 0 Å². The summed E-state index contributed by atoms with van der Waals surface area (Å²) in [6, 6.07) is 9.67. The van der Waals surface area contributed by atoms with Crippen LogP contribution >= 0.6 is 11.3 Å². The SMILES string of the molecule is CN(Cc1ccccc1C#N)C(=O)c1scc(COC2CCOC2)c1N=CN1CCC[C@@H](N)C1. The fourth-order valence-corrected chi connectivity index (χ4v) is 5.18. The minimum absolute atomic E-state index is 0.0705. The number of nitrogens with zero attached hydrogens (tertiary/aromatic N) is 4. The molecule has 2 saturated heterocycles. The first-order valence-electron chi connectivity index (χ1n) is 11.6. The largest absolute Gasteiger partial charge is 0.379 e. The van der Waals surface area contributed by atoms with E-state index in [0.717, 1.165) is 43.5 Å². The van der Waals surface area contributed by atoms with Crippen molar-refractivity contribution in [1.29, 1.82) is 5.26 Å². The van der Waals surface area contributed by atoms with E-state index in [0.29, 0.717) is 42.5 Å². The molecule has 0 spiro atoms. The highest BCUT2D eigenvalue weighted by atomic mass is 32.1. The predicted molar refractivity (Wildman–Crippen MR) is 132 cm³/mol. The Morgan fingerprint density at radius 2 is 2.26 bits per heavy atom. The summed E-state index contributed by atoms with van der Waals surface area (Å²) in [6.45, 7) is 3.70. The van der Waals surface area contributed by atoms with Crippen LogP contribution in [0.4, 0.5) is 5.69 Å². The van der Waals surface area contributed by atoms with Gasteiger partial charge in [0.25, 0.3) is 5.91 Å². The van der Waals surface area contributed by atoms with Crippen molar-refractivity contribution in [1.82, 2.24) is 9.80 Å². The molecule has 0 aliphatic carbocycles. The van der Waals surface area contributed by atoms with E-state index in [1.54, 1.807) is 18.0 Å². The van der Waals surface area contributed by atoms with E-state index in [-0.39, 0.29) is 18.1 Å². The summed E-state index contributed by atoms with van der Waals surface area (Å²) >= 11 is 1.38. The van der Waals surface area contributed by atoms with Crippen molar-refractivity contribution < 1.29 is 14.3 Å². The van der Waals surface area contributed by atoms with Gasteiger partial charge in [-0.25, -0.2) is 4.99 Å². The van der Waals surface area contributed by atoms with Gasteiger partial charge in [0.1, 0.15) is 4.88 Å². The zero-order valence-corrected chi connectivity index (χ0v) is 20.3. The fraction of sp³-hybridized carbons (Fsp3) is 0.480. The lowest BCUT2D eigenvalue weighted by atomic mass is 10.1. The topological polar surface area (TPSA) is 104 Å². The van der Waals surface area contributed by atoms with Gasteiger partial charge in [-0.2, -0.15) is 5.26 Å². The van der Waals surface area contributed by atoms with E-state index in [2.05, 4.69) is 11.0 Å². The second-order valence-electron chi connectivity index (χ2n) is 8.81. The summed E-state index contributed by atoms with van der Waals surface area (Å²) in [7, 11) is 1.75. The van der Waals surface area contributed by atoms with Crippen LogP contribution in [0.15, 0.2) is 34.6 Å². The summed E-state index contributed by atoms with van der Waals surface area (Å²) in [5.41, 5.74) is 9.04. The number of amides is 1. The first-order valence-corrected chi connectivity index (χ1v) is 12.5. The van der Waals surface area contributed by atoms with Crippen LogP contribution in [0.5, 0.6) is 0 Å². The van der Waals surface area contributed by atoms with Crippen molar-refractivity contribution in [3.63, 3.8) is 0 Å². The molecule has 8 nitrogen and oxygen atoms in total. The van der Waals surface area contributed by atoms with Crippen LogP contribution in [-0.4, -0.2) is 67.5 Å². The highest BCUT2D eigenvalue weighted by Crippen LogP contribution is 2.33. The van der Waals surface area contributed by atoms with Crippen LogP contribution < -0.4 is 5.73 Å². The number of likely N-dealkylation sites (tertiary alicyclic amines) is 1. The number of hydrogen-bond donors (Lipinski definition) is 1. The summed E-state index contributed by atoms with van der Waals surface area (Å²) in [5.74, 6) is -0.129. The van der Waals surface area contributed by atoms with Gasteiger partial charge in [-0.05, 0) is 36.3 Å². The molecule has 180 valence electrons. The van der Waals surface area contributed by atoms with Crippen molar-refractivity contribution >= 4 is 29.3 Å². The van der Waals surface area contributed by atoms with Crippen molar-refractivity contribution in [2.45, 2.75) is 44.6 Å². The molecule has 0 radical (unpaired) electrons. The van der Waals surface area contributed by atoms with Gasteiger partial charge in [0.05, 0.1) is 43.0 Å². The average molecular weight is 482 g/mol. The molecule has 2 fully saturated rings. The zero-order chi connectivity index (χ0) is 23.9. The molecule has 34 heavy (non-hydrogen) atoms. The Labute approximate surface area is 204 Å². The van der Waals surface area contributed by atoms with E-state index < -0.39 is 0 Å². The van der Waals surface area contributed by atoms with Gasteiger partial charge in [0, 0.05) is 44.9 Å². The van der Waals surface area contributed by atoms with Crippen molar-refractivity contribution in [2.24, 2.45) is 10.7 Å². The first kappa shape index (κ1) is 24.4. The lowest BCUT2D eigenvalue weighted by Crippen LogP contribution is -2.41. The Kier molecular flexibility index (Phi) is 8.29. The van der Waals surface area contributed by atoms with Gasteiger partial charge in [-0.15, -0.1) is 11.3 Å². The Morgan fingerprint density at radius 1 is 1.41 bits per heavy atom. The van der Waals surface area contributed by atoms with Crippen LogP contribution in [-0.2, 0) is 22.6 Å². The molecule has 2 atom stereocenters. The second-order valence-corrected chi connectivity index (χ2v) is 9.69. The minimum Gasteiger partial charge on any atom is -0.379 e. The lowest BCUT2D eigenvalue weighted by molar-refractivity contribution is 0.0321. The van der Waals surface area contributed by atoms with E-state index in [1.807, 2.05) is 29.9 Å². The number of carbonyl (C=O) groups is 1. The van der Waals surface area contributed by atoms with Crippen molar-refractivity contribution in [3.8, 4) is 6.07 Å². The molecule has 2 N–H and O–H groups in total. The Bertz CT molecular complexity index is 1060. The van der Waals surface area contributed by atoms with Gasteiger partial charge >= 0.3 is 0 Å². The van der Waals surface area contributed by atoms with Gasteiger partial charge in [0.2, 0.25) is 0 Å².